The number of rotatable bonds is 3. The van der Waals surface area contributed by atoms with E-state index in [1.54, 1.807) is 0 Å². The Morgan fingerprint density at radius 1 is 1.05 bits per heavy atom. The first-order valence-corrected chi connectivity index (χ1v) is 6.90. The van der Waals surface area contributed by atoms with Crippen molar-refractivity contribution in [1.29, 1.82) is 0 Å². The highest BCUT2D eigenvalue weighted by Gasteiger charge is 2.18. The molecule has 0 unspecified atom stereocenters. The molecular weight excluding hydrogens is 270 g/mol. The molecule has 0 fully saturated rings. The summed E-state index contributed by atoms with van der Waals surface area (Å²) in [5.74, 6) is -1.86. The molecule has 1 aliphatic carbocycles. The third kappa shape index (κ3) is 2.67. The molecule has 0 saturated carbocycles. The number of nitrogens with one attached hydrogen (secondary N) is 1. The highest BCUT2D eigenvalue weighted by molar-refractivity contribution is 6.03. The van der Waals surface area contributed by atoms with Crippen molar-refractivity contribution < 1.29 is 19.1 Å². The zero-order valence-corrected chi connectivity index (χ0v) is 11.4. The molecular formula is C16H15NO4. The maximum absolute atomic E-state index is 12.1. The number of carboxylic acid groups (broad SMARTS) is 1. The van der Waals surface area contributed by atoms with E-state index < -0.39 is 11.9 Å². The summed E-state index contributed by atoms with van der Waals surface area (Å²) < 4.78 is 5.01. The molecule has 3 rings (SSSR count). The van der Waals surface area contributed by atoms with Crippen LogP contribution in [0.1, 0.15) is 45.1 Å². The number of hydrogen-bond acceptors (Lipinski definition) is 3. The fourth-order valence-corrected chi connectivity index (χ4v) is 2.66. The van der Waals surface area contributed by atoms with E-state index in [9.17, 15) is 9.59 Å². The number of aryl methyl sites for hydroxylation is 1. The maximum atomic E-state index is 12.1. The number of carbonyl (C=O) groups excluding carboxylic acids is 1. The van der Waals surface area contributed by atoms with Crippen LogP contribution in [0.3, 0.4) is 0 Å². The summed E-state index contributed by atoms with van der Waals surface area (Å²) >= 11 is 0. The van der Waals surface area contributed by atoms with E-state index in [1.165, 1.54) is 29.7 Å². The predicted octanol–water partition coefficient (Wildman–Crippen LogP) is 3.11. The molecule has 0 spiro atoms. The van der Waals surface area contributed by atoms with Gasteiger partial charge in [0.1, 0.15) is 0 Å². The lowest BCUT2D eigenvalue weighted by Gasteiger charge is -2.19. The lowest BCUT2D eigenvalue weighted by molar-refractivity contribution is 0.0660. The molecule has 2 N–H and O–H groups in total. The zero-order valence-electron chi connectivity index (χ0n) is 11.4. The van der Waals surface area contributed by atoms with E-state index in [0.717, 1.165) is 24.9 Å². The maximum Gasteiger partial charge on any atom is 0.371 e. The van der Waals surface area contributed by atoms with Gasteiger partial charge in [0.05, 0.1) is 0 Å². The molecule has 5 nitrogen and oxygen atoms in total. The van der Waals surface area contributed by atoms with Gasteiger partial charge >= 0.3 is 5.97 Å². The molecule has 0 radical (unpaired) electrons. The van der Waals surface area contributed by atoms with Gasteiger partial charge in [0.2, 0.25) is 5.76 Å². The van der Waals surface area contributed by atoms with Crippen LogP contribution in [0.2, 0.25) is 0 Å². The van der Waals surface area contributed by atoms with E-state index in [1.807, 2.05) is 12.1 Å². The third-order valence-corrected chi connectivity index (χ3v) is 3.68. The van der Waals surface area contributed by atoms with E-state index >= 15 is 0 Å². The average molecular weight is 285 g/mol. The lowest BCUT2D eigenvalue weighted by atomic mass is 9.90. The van der Waals surface area contributed by atoms with Crippen molar-refractivity contribution in [2.75, 3.05) is 5.32 Å². The molecule has 2 aromatic rings. The van der Waals surface area contributed by atoms with Crippen LogP contribution in [0.4, 0.5) is 5.69 Å². The smallest absolute Gasteiger partial charge is 0.371 e. The van der Waals surface area contributed by atoms with Gasteiger partial charge in [-0.05, 0) is 55.0 Å². The van der Waals surface area contributed by atoms with Crippen LogP contribution in [0.5, 0.6) is 0 Å². The summed E-state index contributed by atoms with van der Waals surface area (Å²) in [5, 5.41) is 11.6. The Kier molecular flexibility index (Phi) is 3.48. The highest BCUT2D eigenvalue weighted by atomic mass is 16.4. The van der Waals surface area contributed by atoms with Crippen LogP contribution in [0, 0.1) is 0 Å². The first kappa shape index (κ1) is 13.4. The van der Waals surface area contributed by atoms with Crippen LogP contribution in [-0.4, -0.2) is 17.0 Å². The number of aromatic carboxylic acids is 1. The molecule has 108 valence electrons. The molecule has 1 aromatic heterocycles. The predicted molar refractivity (Wildman–Crippen MR) is 76.7 cm³/mol. The van der Waals surface area contributed by atoms with Crippen molar-refractivity contribution >= 4 is 17.6 Å². The van der Waals surface area contributed by atoms with Gasteiger partial charge in [0, 0.05) is 5.69 Å². The van der Waals surface area contributed by atoms with Crippen LogP contribution < -0.4 is 5.32 Å². The van der Waals surface area contributed by atoms with Gasteiger partial charge in [-0.15, -0.1) is 0 Å². The second-order valence-electron chi connectivity index (χ2n) is 5.07. The largest absolute Gasteiger partial charge is 0.475 e. The fraction of sp³-hybridized carbons (Fsp3) is 0.250. The summed E-state index contributed by atoms with van der Waals surface area (Å²) in [5.41, 5.74) is 3.22. The first-order chi connectivity index (χ1) is 10.1. The molecule has 1 amide bonds. The summed E-state index contributed by atoms with van der Waals surface area (Å²) in [4.78, 5) is 22.9. The molecule has 0 saturated heterocycles. The van der Waals surface area contributed by atoms with Gasteiger partial charge in [-0.1, -0.05) is 12.1 Å². The van der Waals surface area contributed by atoms with Crippen molar-refractivity contribution in [3.63, 3.8) is 0 Å². The van der Waals surface area contributed by atoms with Crippen molar-refractivity contribution in [3.8, 4) is 0 Å². The van der Waals surface area contributed by atoms with Gasteiger partial charge in [0.15, 0.2) is 5.76 Å². The molecule has 1 heterocycles. The fourth-order valence-electron chi connectivity index (χ4n) is 2.66. The SMILES string of the molecule is O=C(O)c1ccc(C(=O)Nc2cccc3c2CCCC3)o1. The van der Waals surface area contributed by atoms with Crippen LogP contribution in [0.25, 0.3) is 0 Å². The normalized spacial score (nSPS) is 13.5. The number of hydrogen-bond donors (Lipinski definition) is 2. The summed E-state index contributed by atoms with van der Waals surface area (Å²) in [6.45, 7) is 0. The molecule has 0 bridgehead atoms. The van der Waals surface area contributed by atoms with Crippen molar-refractivity contribution in [2.45, 2.75) is 25.7 Å². The summed E-state index contributed by atoms with van der Waals surface area (Å²) in [7, 11) is 0. The Morgan fingerprint density at radius 2 is 1.81 bits per heavy atom. The van der Waals surface area contributed by atoms with Crippen LogP contribution in [-0.2, 0) is 12.8 Å². The van der Waals surface area contributed by atoms with Crippen LogP contribution in [0.15, 0.2) is 34.7 Å². The average Bonchev–Trinajstić information content (AvgIpc) is 2.98. The molecule has 5 heteroatoms. The van der Waals surface area contributed by atoms with Crippen molar-refractivity contribution in [2.24, 2.45) is 0 Å². The number of carbonyl (C=O) groups is 2. The summed E-state index contributed by atoms with van der Waals surface area (Å²) in [6, 6.07) is 8.51. The Labute approximate surface area is 121 Å². The van der Waals surface area contributed by atoms with Gasteiger partial charge < -0.3 is 14.8 Å². The Bertz CT molecular complexity index is 702. The molecule has 0 atom stereocenters. The van der Waals surface area contributed by atoms with E-state index in [0.29, 0.717) is 0 Å². The monoisotopic (exact) mass is 285 g/mol. The van der Waals surface area contributed by atoms with Gasteiger partial charge in [-0.2, -0.15) is 0 Å². The number of anilines is 1. The number of fused-ring (bicyclic) bond motifs is 1. The van der Waals surface area contributed by atoms with Crippen molar-refractivity contribution in [3.05, 3.63) is 53.0 Å². The van der Waals surface area contributed by atoms with Gasteiger partial charge in [-0.3, -0.25) is 4.79 Å². The van der Waals surface area contributed by atoms with E-state index in [2.05, 4.69) is 11.4 Å². The number of carboxylic acids is 1. The molecule has 1 aromatic carbocycles. The standard InChI is InChI=1S/C16H15NO4/c18-15(13-8-9-14(21-13)16(19)20)17-12-7-3-5-10-4-1-2-6-11(10)12/h3,5,7-9H,1-2,4,6H2,(H,17,18)(H,19,20). The number of benzene rings is 1. The van der Waals surface area contributed by atoms with Crippen molar-refractivity contribution in [1.82, 2.24) is 0 Å². The van der Waals surface area contributed by atoms with Gasteiger partial charge in [0.25, 0.3) is 5.91 Å². The first-order valence-electron chi connectivity index (χ1n) is 6.90. The highest BCUT2D eigenvalue weighted by Crippen LogP contribution is 2.28. The molecule has 21 heavy (non-hydrogen) atoms. The number of furan rings is 1. The minimum atomic E-state index is -1.19. The Hall–Kier alpha value is -2.56. The minimum absolute atomic E-state index is 0.000752. The van der Waals surface area contributed by atoms with E-state index in [-0.39, 0.29) is 11.5 Å². The Balaban J connectivity index is 1.83. The minimum Gasteiger partial charge on any atom is -0.475 e. The second kappa shape index (κ2) is 5.44. The zero-order chi connectivity index (χ0) is 14.8. The summed E-state index contributed by atoms with van der Waals surface area (Å²) in [6.07, 6.45) is 4.27. The molecule has 0 aliphatic heterocycles. The lowest BCUT2D eigenvalue weighted by Crippen LogP contribution is -2.14. The second-order valence-corrected chi connectivity index (χ2v) is 5.07. The quantitative estimate of drug-likeness (QED) is 0.908. The van der Waals surface area contributed by atoms with E-state index in [4.69, 9.17) is 9.52 Å². The topological polar surface area (TPSA) is 79.5 Å². The number of amides is 1. The Morgan fingerprint density at radius 3 is 2.57 bits per heavy atom. The van der Waals surface area contributed by atoms with Gasteiger partial charge in [-0.25, -0.2) is 4.79 Å². The third-order valence-electron chi connectivity index (χ3n) is 3.68. The van der Waals surface area contributed by atoms with Crippen LogP contribution >= 0.6 is 0 Å². The molecule has 1 aliphatic rings.